The summed E-state index contributed by atoms with van der Waals surface area (Å²) in [5.74, 6) is 0.879. The maximum absolute atomic E-state index is 5.95. The Morgan fingerprint density at radius 2 is 1.07 bits per heavy atom. The molecule has 11 rings (SSSR count). The highest BCUT2D eigenvalue weighted by atomic mass is 15.2. The smallest absolute Gasteiger partial charge is 0.159 e. The normalized spacial score (nSPS) is 13.8. The number of aryl methyl sites for hydroxylation is 1. The van der Waals surface area contributed by atoms with Gasteiger partial charge in [-0.15, -0.1) is 0 Å². The number of H-pyrrole nitrogens is 1. The van der Waals surface area contributed by atoms with Gasteiger partial charge in [-0.25, -0.2) is 4.98 Å². The molecule has 1 N–H and O–H groups in total. The summed E-state index contributed by atoms with van der Waals surface area (Å²) >= 11 is 0. The molecule has 288 valence electrons. The number of pyridine rings is 1. The highest BCUT2D eigenvalue weighted by Gasteiger charge is 2.49. The summed E-state index contributed by atoms with van der Waals surface area (Å²) in [5.41, 5.74) is 15.3. The van der Waals surface area contributed by atoms with Crippen LogP contribution >= 0.6 is 0 Å². The molecular formula is C54H47N5. The van der Waals surface area contributed by atoms with Crippen LogP contribution in [0.25, 0.3) is 66.4 Å². The van der Waals surface area contributed by atoms with E-state index >= 15 is 0 Å². The maximum atomic E-state index is 5.95. The van der Waals surface area contributed by atoms with E-state index < -0.39 is 5.41 Å². The first-order valence-electron chi connectivity index (χ1n) is 20.8. The molecule has 0 amide bonds. The Hall–Kier alpha value is -6.72. The fourth-order valence-electron chi connectivity index (χ4n) is 9.85. The zero-order valence-electron chi connectivity index (χ0n) is 34.7. The van der Waals surface area contributed by atoms with E-state index in [4.69, 9.17) is 10.1 Å². The summed E-state index contributed by atoms with van der Waals surface area (Å²) < 4.78 is 4.67. The van der Waals surface area contributed by atoms with E-state index in [-0.39, 0.29) is 10.8 Å². The summed E-state index contributed by atoms with van der Waals surface area (Å²) in [6.07, 6.45) is 0. The van der Waals surface area contributed by atoms with Crippen LogP contribution in [-0.4, -0.2) is 24.3 Å². The Morgan fingerprint density at radius 1 is 0.508 bits per heavy atom. The van der Waals surface area contributed by atoms with Crippen molar-refractivity contribution in [1.82, 2.24) is 24.3 Å². The molecule has 0 unspecified atom stereocenters. The van der Waals surface area contributed by atoms with Crippen LogP contribution in [0, 0.1) is 6.92 Å². The molecule has 0 radical (unpaired) electrons. The molecule has 0 saturated heterocycles. The number of nitrogens with one attached hydrogen (secondary N) is 1. The van der Waals surface area contributed by atoms with Gasteiger partial charge in [0.05, 0.1) is 27.7 Å². The summed E-state index contributed by atoms with van der Waals surface area (Å²) in [4.78, 5) is 5.95. The van der Waals surface area contributed by atoms with E-state index in [1.54, 1.807) is 0 Å². The lowest BCUT2D eigenvalue weighted by molar-refractivity contribution is 0.585. The first kappa shape index (κ1) is 35.4. The average molecular weight is 766 g/mol. The third kappa shape index (κ3) is 5.10. The zero-order chi connectivity index (χ0) is 40.4. The van der Waals surface area contributed by atoms with Crippen molar-refractivity contribution in [2.24, 2.45) is 0 Å². The third-order valence-corrected chi connectivity index (χ3v) is 12.8. The van der Waals surface area contributed by atoms with Gasteiger partial charge in [0.25, 0.3) is 0 Å². The van der Waals surface area contributed by atoms with E-state index in [0.29, 0.717) is 0 Å². The summed E-state index contributed by atoms with van der Waals surface area (Å²) in [6.45, 7) is 16.0. The van der Waals surface area contributed by atoms with E-state index in [9.17, 15) is 0 Å². The minimum Gasteiger partial charge on any atom is -0.294 e. The molecule has 4 heterocycles. The van der Waals surface area contributed by atoms with Crippen LogP contribution in [0.2, 0.25) is 0 Å². The van der Waals surface area contributed by atoms with E-state index in [1.807, 2.05) is 0 Å². The lowest BCUT2D eigenvalue weighted by Gasteiger charge is -2.34. The van der Waals surface area contributed by atoms with Gasteiger partial charge >= 0.3 is 0 Å². The molecule has 0 spiro atoms. The van der Waals surface area contributed by atoms with Gasteiger partial charge in [-0.1, -0.05) is 145 Å². The Bertz CT molecular complexity index is 3240. The molecule has 1 aliphatic rings. The number of benzene rings is 6. The van der Waals surface area contributed by atoms with Crippen LogP contribution in [0.3, 0.4) is 0 Å². The number of hydrogen-bond donors (Lipinski definition) is 1. The van der Waals surface area contributed by atoms with Gasteiger partial charge in [0.2, 0.25) is 0 Å². The zero-order valence-corrected chi connectivity index (χ0v) is 34.7. The van der Waals surface area contributed by atoms with Gasteiger partial charge in [0.15, 0.2) is 5.82 Å². The minimum atomic E-state index is -0.768. The first-order chi connectivity index (χ1) is 28.4. The average Bonchev–Trinajstić information content (AvgIpc) is 3.98. The SMILES string of the molecule is Cc1cc(-n2c3ccccc3c3ccc(C4(c5ccc6c7ccccc7n(-c7ccccc7)c6n5)c5cc(C(C)(C)C)ccc5-c5ccc(C(C)(C)C)cc54)cc32)n[nH]1. The van der Waals surface area contributed by atoms with Crippen LogP contribution in [0.15, 0.2) is 152 Å². The van der Waals surface area contributed by atoms with Crippen molar-refractivity contribution in [3.8, 4) is 22.6 Å². The van der Waals surface area contributed by atoms with Crippen LogP contribution in [0.4, 0.5) is 0 Å². The van der Waals surface area contributed by atoms with E-state index in [0.717, 1.165) is 50.5 Å². The monoisotopic (exact) mass is 765 g/mol. The number of rotatable bonds is 4. The van der Waals surface area contributed by atoms with Gasteiger partial charge in [0.1, 0.15) is 5.65 Å². The lowest BCUT2D eigenvalue weighted by atomic mass is 9.68. The van der Waals surface area contributed by atoms with Crippen molar-refractivity contribution < 1.29 is 0 Å². The third-order valence-electron chi connectivity index (χ3n) is 12.8. The summed E-state index contributed by atoms with van der Waals surface area (Å²) in [6, 6.07) is 56.4. The Labute approximate surface area is 345 Å². The minimum absolute atomic E-state index is 0.0720. The van der Waals surface area contributed by atoms with Gasteiger partial charge in [-0.2, -0.15) is 5.10 Å². The number of para-hydroxylation sites is 3. The molecule has 4 aromatic heterocycles. The molecule has 5 heteroatoms. The number of aromatic nitrogens is 5. The molecule has 0 fully saturated rings. The molecule has 0 bridgehead atoms. The highest BCUT2D eigenvalue weighted by Crippen LogP contribution is 2.58. The summed E-state index contributed by atoms with van der Waals surface area (Å²) in [5, 5.41) is 12.8. The van der Waals surface area contributed by atoms with Crippen molar-refractivity contribution in [3.05, 3.63) is 191 Å². The van der Waals surface area contributed by atoms with Crippen molar-refractivity contribution in [1.29, 1.82) is 0 Å². The van der Waals surface area contributed by atoms with Crippen molar-refractivity contribution >= 4 is 43.7 Å². The second-order valence-electron chi connectivity index (χ2n) is 18.5. The molecule has 6 aromatic carbocycles. The van der Waals surface area contributed by atoms with Crippen molar-refractivity contribution in [3.63, 3.8) is 0 Å². The quantitative estimate of drug-likeness (QED) is 0.194. The maximum Gasteiger partial charge on any atom is 0.159 e. The highest BCUT2D eigenvalue weighted by molar-refractivity contribution is 6.10. The van der Waals surface area contributed by atoms with Gasteiger partial charge in [0, 0.05) is 39.0 Å². The van der Waals surface area contributed by atoms with Gasteiger partial charge < -0.3 is 0 Å². The van der Waals surface area contributed by atoms with E-state index in [1.165, 1.54) is 55.1 Å². The molecule has 59 heavy (non-hydrogen) atoms. The fourth-order valence-corrected chi connectivity index (χ4v) is 9.85. The van der Waals surface area contributed by atoms with Crippen molar-refractivity contribution in [2.45, 2.75) is 64.7 Å². The van der Waals surface area contributed by atoms with E-state index in [2.05, 4.69) is 214 Å². The van der Waals surface area contributed by atoms with Crippen LogP contribution < -0.4 is 0 Å². The fraction of sp³-hybridized carbons (Fsp3) is 0.185. The predicted octanol–water partition coefficient (Wildman–Crippen LogP) is 13.3. The van der Waals surface area contributed by atoms with Gasteiger partial charge in [-0.3, -0.25) is 14.2 Å². The lowest BCUT2D eigenvalue weighted by Crippen LogP contribution is -2.31. The molecule has 1 aliphatic carbocycles. The van der Waals surface area contributed by atoms with Crippen LogP contribution in [-0.2, 0) is 16.2 Å². The standard InChI is InChI=1S/C54H47N5/c1-33-29-50(57-56-33)59-47-20-14-11-17-40(47)42-26-23-36(32-48(42)59)54(44-30-34(52(2,3)4)21-24-38(44)39-25-22-35(31-45(39)54)53(5,6)7)49-28-27-43-41-18-12-13-19-46(41)58(51(43)55-49)37-15-9-8-10-16-37/h8-32H,1-7H3,(H,56,57). The Balaban J connectivity index is 1.33. The second kappa shape index (κ2) is 12.4. The molecule has 0 aliphatic heterocycles. The Kier molecular flexibility index (Phi) is 7.44. The Morgan fingerprint density at radius 3 is 1.68 bits per heavy atom. The summed E-state index contributed by atoms with van der Waals surface area (Å²) in [7, 11) is 0. The second-order valence-corrected chi connectivity index (χ2v) is 18.5. The van der Waals surface area contributed by atoms with Crippen LogP contribution in [0.1, 0.15) is 80.7 Å². The number of nitrogens with zero attached hydrogens (tertiary/aromatic N) is 4. The number of fused-ring (bicyclic) bond motifs is 9. The van der Waals surface area contributed by atoms with Gasteiger partial charge in [-0.05, 0) is 99.2 Å². The largest absolute Gasteiger partial charge is 0.294 e. The number of hydrogen-bond acceptors (Lipinski definition) is 2. The van der Waals surface area contributed by atoms with Crippen molar-refractivity contribution in [2.75, 3.05) is 0 Å². The molecule has 0 saturated carbocycles. The molecule has 10 aromatic rings. The molecule has 0 atom stereocenters. The first-order valence-corrected chi connectivity index (χ1v) is 20.8. The van der Waals surface area contributed by atoms with Crippen LogP contribution in [0.5, 0.6) is 0 Å². The topological polar surface area (TPSA) is 51.4 Å². The molecular weight excluding hydrogens is 719 g/mol. The predicted molar refractivity (Wildman–Crippen MR) is 245 cm³/mol. The molecule has 5 nitrogen and oxygen atoms in total. The number of aromatic amines is 1.